The third-order valence-corrected chi connectivity index (χ3v) is 5.20. The standard InChI is InChI=1S/C23H26N4O2/c1-14-4-3-5-16(8-14)21(13-28)27-23(29)20-9-17(12-24-20)19-10-22(25-11-15(19)2)26-18-6-7-18/h3-5,8-12,18,21,24,28H,6-7,13H2,1-2H3,(H,25,26)(H,27,29)/t21-/m1/s1. The van der Waals surface area contributed by atoms with Crippen LogP contribution in [0.25, 0.3) is 11.1 Å². The summed E-state index contributed by atoms with van der Waals surface area (Å²) in [4.78, 5) is 20.3. The van der Waals surface area contributed by atoms with Gasteiger partial charge in [-0.05, 0) is 55.5 Å². The highest BCUT2D eigenvalue weighted by molar-refractivity contribution is 5.94. The smallest absolute Gasteiger partial charge is 0.268 e. The van der Waals surface area contributed by atoms with Crippen molar-refractivity contribution in [2.24, 2.45) is 0 Å². The highest BCUT2D eigenvalue weighted by Gasteiger charge is 2.22. The Labute approximate surface area is 170 Å². The molecule has 0 aliphatic heterocycles. The van der Waals surface area contributed by atoms with Crippen molar-refractivity contribution < 1.29 is 9.90 Å². The van der Waals surface area contributed by atoms with Crippen LogP contribution in [0.15, 0.2) is 48.8 Å². The second kappa shape index (κ2) is 8.09. The number of amides is 1. The van der Waals surface area contributed by atoms with Crippen LogP contribution in [0.2, 0.25) is 0 Å². The molecule has 1 saturated carbocycles. The van der Waals surface area contributed by atoms with Gasteiger partial charge in [0.15, 0.2) is 0 Å². The zero-order valence-corrected chi connectivity index (χ0v) is 16.7. The molecule has 29 heavy (non-hydrogen) atoms. The molecule has 1 amide bonds. The molecule has 0 spiro atoms. The molecule has 1 fully saturated rings. The number of hydrogen-bond acceptors (Lipinski definition) is 4. The quantitative estimate of drug-likeness (QED) is 0.495. The van der Waals surface area contributed by atoms with E-state index in [-0.39, 0.29) is 12.5 Å². The first-order chi connectivity index (χ1) is 14.0. The lowest BCUT2D eigenvalue weighted by Gasteiger charge is -2.16. The fraction of sp³-hybridized carbons (Fsp3) is 0.304. The summed E-state index contributed by atoms with van der Waals surface area (Å²) in [5.41, 5.74) is 5.44. The van der Waals surface area contributed by atoms with Crippen molar-refractivity contribution in [1.29, 1.82) is 0 Å². The Kier molecular flexibility index (Phi) is 5.36. The number of aliphatic hydroxyl groups excluding tert-OH is 1. The summed E-state index contributed by atoms with van der Waals surface area (Å²) in [7, 11) is 0. The lowest BCUT2D eigenvalue weighted by molar-refractivity contribution is 0.0911. The van der Waals surface area contributed by atoms with Crippen molar-refractivity contribution in [3.63, 3.8) is 0 Å². The first-order valence-corrected chi connectivity index (χ1v) is 9.94. The molecule has 1 aliphatic carbocycles. The van der Waals surface area contributed by atoms with Crippen molar-refractivity contribution in [2.45, 2.75) is 38.8 Å². The number of aryl methyl sites for hydroxylation is 2. The zero-order chi connectivity index (χ0) is 20.4. The number of benzene rings is 1. The van der Waals surface area contributed by atoms with Gasteiger partial charge in [-0.2, -0.15) is 0 Å². The van der Waals surface area contributed by atoms with E-state index in [0.717, 1.165) is 33.6 Å². The summed E-state index contributed by atoms with van der Waals surface area (Å²) in [6.07, 6.45) is 6.06. The number of carbonyl (C=O) groups excluding carboxylic acids is 1. The minimum atomic E-state index is -0.453. The maximum absolute atomic E-state index is 12.7. The summed E-state index contributed by atoms with van der Waals surface area (Å²) in [5.74, 6) is 0.611. The maximum atomic E-state index is 12.7. The van der Waals surface area contributed by atoms with E-state index < -0.39 is 6.04 Å². The van der Waals surface area contributed by atoms with E-state index in [9.17, 15) is 9.90 Å². The number of nitrogens with one attached hydrogen (secondary N) is 3. The van der Waals surface area contributed by atoms with Gasteiger partial charge >= 0.3 is 0 Å². The number of nitrogens with zero attached hydrogens (tertiary/aromatic N) is 1. The third kappa shape index (κ3) is 4.49. The molecule has 0 bridgehead atoms. The summed E-state index contributed by atoms with van der Waals surface area (Å²) in [6, 6.07) is 11.7. The molecule has 2 heterocycles. The van der Waals surface area contributed by atoms with Crippen LogP contribution in [0.1, 0.15) is 46.1 Å². The van der Waals surface area contributed by atoms with Crippen molar-refractivity contribution in [3.05, 3.63) is 71.2 Å². The van der Waals surface area contributed by atoms with Crippen LogP contribution >= 0.6 is 0 Å². The second-order valence-electron chi connectivity index (χ2n) is 7.73. The van der Waals surface area contributed by atoms with E-state index in [2.05, 4.69) is 20.6 Å². The van der Waals surface area contributed by atoms with E-state index >= 15 is 0 Å². The van der Waals surface area contributed by atoms with E-state index in [1.165, 1.54) is 12.8 Å². The Hall–Kier alpha value is -3.12. The van der Waals surface area contributed by atoms with E-state index in [1.807, 2.05) is 62.6 Å². The average molecular weight is 390 g/mol. The van der Waals surface area contributed by atoms with Crippen molar-refractivity contribution in [1.82, 2.24) is 15.3 Å². The minimum absolute atomic E-state index is 0.164. The second-order valence-corrected chi connectivity index (χ2v) is 7.73. The summed E-state index contributed by atoms with van der Waals surface area (Å²) < 4.78 is 0. The van der Waals surface area contributed by atoms with Gasteiger partial charge in [0.2, 0.25) is 0 Å². The Morgan fingerprint density at radius 3 is 2.83 bits per heavy atom. The number of aliphatic hydroxyl groups is 1. The molecule has 2 aromatic heterocycles. The van der Waals surface area contributed by atoms with Crippen molar-refractivity contribution in [3.8, 4) is 11.1 Å². The van der Waals surface area contributed by atoms with Gasteiger partial charge in [0.25, 0.3) is 5.91 Å². The molecule has 1 aliphatic rings. The van der Waals surface area contributed by atoms with Crippen LogP contribution in [0, 0.1) is 13.8 Å². The molecule has 6 heteroatoms. The lowest BCUT2D eigenvalue weighted by Crippen LogP contribution is -2.31. The number of aromatic nitrogens is 2. The molecular weight excluding hydrogens is 364 g/mol. The Bertz CT molecular complexity index is 1020. The molecule has 6 nitrogen and oxygen atoms in total. The van der Waals surface area contributed by atoms with Crippen LogP contribution < -0.4 is 10.6 Å². The predicted octanol–water partition coefficient (Wildman–Crippen LogP) is 3.73. The van der Waals surface area contributed by atoms with E-state index in [1.54, 1.807) is 0 Å². The molecule has 0 unspecified atom stereocenters. The van der Waals surface area contributed by atoms with E-state index in [0.29, 0.717) is 11.7 Å². The van der Waals surface area contributed by atoms with Gasteiger partial charge < -0.3 is 20.7 Å². The Morgan fingerprint density at radius 1 is 1.28 bits per heavy atom. The number of anilines is 1. The fourth-order valence-corrected chi connectivity index (χ4v) is 3.39. The van der Waals surface area contributed by atoms with Crippen molar-refractivity contribution >= 4 is 11.7 Å². The number of aromatic amines is 1. The van der Waals surface area contributed by atoms with Crippen LogP contribution in [-0.2, 0) is 0 Å². The zero-order valence-electron chi connectivity index (χ0n) is 16.7. The number of pyridine rings is 1. The lowest BCUT2D eigenvalue weighted by atomic mass is 10.0. The molecule has 1 aromatic carbocycles. The predicted molar refractivity (Wildman–Crippen MR) is 114 cm³/mol. The largest absolute Gasteiger partial charge is 0.394 e. The maximum Gasteiger partial charge on any atom is 0.268 e. The molecule has 4 rings (SSSR count). The number of hydrogen-bond donors (Lipinski definition) is 4. The molecular formula is C23H26N4O2. The van der Waals surface area contributed by atoms with Gasteiger partial charge in [0.05, 0.1) is 12.6 Å². The highest BCUT2D eigenvalue weighted by Crippen LogP contribution is 2.29. The molecule has 1 atom stereocenters. The van der Waals surface area contributed by atoms with Gasteiger partial charge in [-0.15, -0.1) is 0 Å². The third-order valence-electron chi connectivity index (χ3n) is 5.20. The van der Waals surface area contributed by atoms with Crippen LogP contribution in [0.4, 0.5) is 5.82 Å². The SMILES string of the molecule is Cc1cccc([C@@H](CO)NC(=O)c2cc(-c3cc(NC4CC4)ncc3C)c[nH]2)c1. The fourth-order valence-electron chi connectivity index (χ4n) is 3.39. The molecule has 0 saturated heterocycles. The monoisotopic (exact) mass is 390 g/mol. The van der Waals surface area contributed by atoms with Gasteiger partial charge in [0.1, 0.15) is 11.5 Å². The molecule has 0 radical (unpaired) electrons. The van der Waals surface area contributed by atoms with Gasteiger partial charge in [0, 0.05) is 24.0 Å². The summed E-state index contributed by atoms with van der Waals surface area (Å²) >= 11 is 0. The number of H-pyrrole nitrogens is 1. The van der Waals surface area contributed by atoms with Crippen LogP contribution in [0.5, 0.6) is 0 Å². The topological polar surface area (TPSA) is 90.0 Å². The normalized spacial score (nSPS) is 14.4. The first kappa shape index (κ1) is 19.2. The van der Waals surface area contributed by atoms with Crippen LogP contribution in [-0.4, -0.2) is 33.6 Å². The van der Waals surface area contributed by atoms with Gasteiger partial charge in [-0.1, -0.05) is 29.8 Å². The summed E-state index contributed by atoms with van der Waals surface area (Å²) in [6.45, 7) is 3.83. The summed E-state index contributed by atoms with van der Waals surface area (Å²) in [5, 5.41) is 16.1. The van der Waals surface area contributed by atoms with Crippen molar-refractivity contribution in [2.75, 3.05) is 11.9 Å². The molecule has 150 valence electrons. The van der Waals surface area contributed by atoms with Crippen LogP contribution in [0.3, 0.4) is 0 Å². The Balaban J connectivity index is 1.51. The number of carbonyl (C=O) groups is 1. The highest BCUT2D eigenvalue weighted by atomic mass is 16.3. The number of rotatable bonds is 7. The van der Waals surface area contributed by atoms with Gasteiger partial charge in [-0.25, -0.2) is 4.98 Å². The van der Waals surface area contributed by atoms with E-state index in [4.69, 9.17) is 0 Å². The molecule has 4 N–H and O–H groups in total. The average Bonchev–Trinajstić information content (AvgIpc) is 3.39. The molecule has 3 aromatic rings. The Morgan fingerprint density at radius 2 is 2.10 bits per heavy atom. The van der Waals surface area contributed by atoms with Gasteiger partial charge in [-0.3, -0.25) is 4.79 Å². The first-order valence-electron chi connectivity index (χ1n) is 9.94. The minimum Gasteiger partial charge on any atom is -0.394 e.